The lowest BCUT2D eigenvalue weighted by molar-refractivity contribution is 1.30. The summed E-state index contributed by atoms with van der Waals surface area (Å²) in [5.74, 6) is 0.822. The minimum absolute atomic E-state index is 0.760. The molecule has 1 aromatic carbocycles. The fraction of sp³-hybridized carbons (Fsp3) is 0.0833. The van der Waals surface area contributed by atoms with Crippen LogP contribution in [0.3, 0.4) is 0 Å². The summed E-state index contributed by atoms with van der Waals surface area (Å²) in [7, 11) is 0. The highest BCUT2D eigenvalue weighted by atomic mass is 35.5. The van der Waals surface area contributed by atoms with E-state index >= 15 is 0 Å². The number of nitrogens with one attached hydrogen (secondary N) is 1. The van der Waals surface area contributed by atoms with Crippen molar-refractivity contribution in [2.75, 3.05) is 5.32 Å². The van der Waals surface area contributed by atoms with E-state index in [0.717, 1.165) is 22.1 Å². The summed E-state index contributed by atoms with van der Waals surface area (Å²) in [6.07, 6.45) is 1.75. The van der Waals surface area contributed by atoms with Gasteiger partial charge in [0.05, 0.1) is 0 Å². The molecule has 1 heterocycles. The molecule has 1 N–H and O–H groups in total. The van der Waals surface area contributed by atoms with Crippen LogP contribution < -0.4 is 5.32 Å². The third-order valence-electron chi connectivity index (χ3n) is 2.20. The van der Waals surface area contributed by atoms with Crippen LogP contribution in [-0.2, 0) is 0 Å². The molecule has 0 bridgehead atoms. The number of nitrogens with zero attached hydrogens (tertiary/aromatic N) is 1. The fourth-order valence-corrected chi connectivity index (χ4v) is 1.49. The Bertz CT molecular complexity index is 454. The maximum absolute atomic E-state index is 6.02. The Hall–Kier alpha value is -1.54. The van der Waals surface area contributed by atoms with Gasteiger partial charge in [-0.05, 0) is 36.8 Å². The van der Waals surface area contributed by atoms with Crippen molar-refractivity contribution in [2.24, 2.45) is 0 Å². The molecule has 0 aliphatic rings. The second-order valence-electron chi connectivity index (χ2n) is 3.25. The molecule has 2 nitrogen and oxygen atoms in total. The number of halogens is 1. The summed E-state index contributed by atoms with van der Waals surface area (Å²) in [5, 5.41) is 3.98. The van der Waals surface area contributed by atoms with E-state index in [1.54, 1.807) is 6.20 Å². The lowest BCUT2D eigenvalue weighted by Gasteiger charge is -2.09. The van der Waals surface area contributed by atoms with Gasteiger partial charge in [-0.3, -0.25) is 0 Å². The van der Waals surface area contributed by atoms with Crippen molar-refractivity contribution in [2.45, 2.75) is 6.92 Å². The van der Waals surface area contributed by atoms with E-state index in [2.05, 4.69) is 10.3 Å². The Balaban J connectivity index is 2.29. The third-order valence-corrected chi connectivity index (χ3v) is 2.60. The van der Waals surface area contributed by atoms with Crippen molar-refractivity contribution in [3.05, 3.63) is 53.2 Å². The summed E-state index contributed by atoms with van der Waals surface area (Å²) in [4.78, 5) is 4.19. The molecule has 0 saturated carbocycles. The Morgan fingerprint density at radius 2 is 2.00 bits per heavy atom. The minimum Gasteiger partial charge on any atom is -0.340 e. The second-order valence-corrected chi connectivity index (χ2v) is 3.66. The first-order valence-corrected chi connectivity index (χ1v) is 5.08. The summed E-state index contributed by atoms with van der Waals surface area (Å²) < 4.78 is 0. The number of anilines is 2. The highest BCUT2D eigenvalue weighted by molar-refractivity contribution is 6.31. The monoisotopic (exact) mass is 218 g/mol. The maximum atomic E-state index is 6.02. The lowest BCUT2D eigenvalue weighted by atomic mass is 10.2. The molecule has 2 aromatic rings. The molecular weight excluding hydrogens is 208 g/mol. The fourth-order valence-electron chi connectivity index (χ4n) is 1.32. The molecule has 0 aliphatic heterocycles. The standard InChI is InChI=1S/C12H11ClN2/c1-9-10(13)5-4-6-11(9)15-12-7-2-3-8-14-12/h2-8H,1H3,(H,14,15). The van der Waals surface area contributed by atoms with E-state index in [1.807, 2.05) is 43.3 Å². The lowest BCUT2D eigenvalue weighted by Crippen LogP contribution is -1.94. The number of benzene rings is 1. The van der Waals surface area contributed by atoms with Crippen LogP contribution in [0.1, 0.15) is 5.56 Å². The van der Waals surface area contributed by atoms with E-state index in [9.17, 15) is 0 Å². The van der Waals surface area contributed by atoms with Gasteiger partial charge >= 0.3 is 0 Å². The normalized spacial score (nSPS) is 10.0. The van der Waals surface area contributed by atoms with Gasteiger partial charge in [0, 0.05) is 16.9 Å². The summed E-state index contributed by atoms with van der Waals surface area (Å²) in [5.41, 5.74) is 2.02. The van der Waals surface area contributed by atoms with Crippen LogP contribution in [0.2, 0.25) is 5.02 Å². The van der Waals surface area contributed by atoms with Gasteiger partial charge < -0.3 is 5.32 Å². The van der Waals surface area contributed by atoms with Crippen LogP contribution in [0.5, 0.6) is 0 Å². The zero-order valence-electron chi connectivity index (χ0n) is 8.37. The molecule has 0 atom stereocenters. The number of rotatable bonds is 2. The van der Waals surface area contributed by atoms with Gasteiger partial charge in [0.1, 0.15) is 5.82 Å². The van der Waals surface area contributed by atoms with Crippen LogP contribution >= 0.6 is 11.6 Å². The molecule has 3 heteroatoms. The highest BCUT2D eigenvalue weighted by Crippen LogP contribution is 2.25. The number of aromatic nitrogens is 1. The van der Waals surface area contributed by atoms with Crippen molar-refractivity contribution in [3.8, 4) is 0 Å². The minimum atomic E-state index is 0.760. The molecule has 0 fully saturated rings. The zero-order valence-corrected chi connectivity index (χ0v) is 9.12. The molecule has 76 valence electrons. The van der Waals surface area contributed by atoms with Crippen LogP contribution in [0.15, 0.2) is 42.6 Å². The molecule has 0 radical (unpaired) electrons. The molecular formula is C12H11ClN2. The first-order chi connectivity index (χ1) is 7.27. The summed E-state index contributed by atoms with van der Waals surface area (Å²) in [6.45, 7) is 1.98. The van der Waals surface area contributed by atoms with Crippen molar-refractivity contribution >= 4 is 23.1 Å². The van der Waals surface area contributed by atoms with Crippen molar-refractivity contribution < 1.29 is 0 Å². The molecule has 2 rings (SSSR count). The predicted molar refractivity (Wildman–Crippen MR) is 63.7 cm³/mol. The maximum Gasteiger partial charge on any atom is 0.130 e. The van der Waals surface area contributed by atoms with E-state index < -0.39 is 0 Å². The highest BCUT2D eigenvalue weighted by Gasteiger charge is 2.01. The molecule has 1 aromatic heterocycles. The van der Waals surface area contributed by atoms with Crippen LogP contribution in [0.25, 0.3) is 0 Å². The molecule has 0 spiro atoms. The Morgan fingerprint density at radius 3 is 2.73 bits per heavy atom. The second kappa shape index (κ2) is 4.32. The molecule has 0 aliphatic carbocycles. The van der Waals surface area contributed by atoms with Crippen molar-refractivity contribution in [1.29, 1.82) is 0 Å². The van der Waals surface area contributed by atoms with Gasteiger partial charge in [-0.2, -0.15) is 0 Å². The first-order valence-electron chi connectivity index (χ1n) is 4.70. The van der Waals surface area contributed by atoms with E-state index in [0.29, 0.717) is 0 Å². The van der Waals surface area contributed by atoms with E-state index in [4.69, 9.17) is 11.6 Å². The van der Waals surface area contributed by atoms with Crippen molar-refractivity contribution in [1.82, 2.24) is 4.98 Å². The predicted octanol–water partition coefficient (Wildman–Crippen LogP) is 3.79. The smallest absolute Gasteiger partial charge is 0.130 e. The quantitative estimate of drug-likeness (QED) is 0.830. The van der Waals surface area contributed by atoms with Gasteiger partial charge in [-0.15, -0.1) is 0 Å². The topological polar surface area (TPSA) is 24.9 Å². The Kier molecular flexibility index (Phi) is 2.88. The van der Waals surface area contributed by atoms with Gasteiger partial charge in [0.25, 0.3) is 0 Å². The van der Waals surface area contributed by atoms with Gasteiger partial charge in [0.15, 0.2) is 0 Å². The zero-order chi connectivity index (χ0) is 10.7. The molecule has 0 amide bonds. The van der Waals surface area contributed by atoms with Crippen molar-refractivity contribution in [3.63, 3.8) is 0 Å². The van der Waals surface area contributed by atoms with E-state index in [-0.39, 0.29) is 0 Å². The Labute approximate surface area is 93.9 Å². The van der Waals surface area contributed by atoms with Gasteiger partial charge in [-0.25, -0.2) is 4.98 Å². The van der Waals surface area contributed by atoms with Crippen LogP contribution in [0.4, 0.5) is 11.5 Å². The molecule has 15 heavy (non-hydrogen) atoms. The molecule has 0 unspecified atom stereocenters. The van der Waals surface area contributed by atoms with Crippen LogP contribution in [-0.4, -0.2) is 4.98 Å². The average Bonchev–Trinajstić information content (AvgIpc) is 2.26. The van der Waals surface area contributed by atoms with E-state index in [1.165, 1.54) is 0 Å². The van der Waals surface area contributed by atoms with Gasteiger partial charge in [0.2, 0.25) is 0 Å². The van der Waals surface area contributed by atoms with Crippen LogP contribution in [0, 0.1) is 6.92 Å². The molecule has 0 saturated heterocycles. The SMILES string of the molecule is Cc1c(Cl)cccc1Nc1ccccn1. The first kappa shape index (κ1) is 9.99. The average molecular weight is 219 g/mol. The number of pyridine rings is 1. The number of hydrogen-bond donors (Lipinski definition) is 1. The largest absolute Gasteiger partial charge is 0.340 e. The van der Waals surface area contributed by atoms with Gasteiger partial charge in [-0.1, -0.05) is 23.7 Å². The number of hydrogen-bond acceptors (Lipinski definition) is 2. The Morgan fingerprint density at radius 1 is 1.13 bits per heavy atom. The third kappa shape index (κ3) is 2.28. The summed E-state index contributed by atoms with van der Waals surface area (Å²) >= 11 is 6.02. The summed E-state index contributed by atoms with van der Waals surface area (Å²) in [6, 6.07) is 11.5.